The summed E-state index contributed by atoms with van der Waals surface area (Å²) in [6, 6.07) is 0.256. The van der Waals surface area contributed by atoms with E-state index in [4.69, 9.17) is 10.2 Å². The molecule has 0 aliphatic heterocycles. The average molecular weight is 243 g/mol. The van der Waals surface area contributed by atoms with Crippen LogP contribution >= 0.6 is 0 Å². The van der Waals surface area contributed by atoms with E-state index >= 15 is 0 Å². The molecule has 0 aromatic heterocycles. The lowest BCUT2D eigenvalue weighted by atomic mass is 9.90. The lowest BCUT2D eigenvalue weighted by Crippen LogP contribution is -2.46. The summed E-state index contributed by atoms with van der Waals surface area (Å²) in [6.07, 6.45) is 3.40. The summed E-state index contributed by atoms with van der Waals surface area (Å²) in [4.78, 5) is 24.2. The lowest BCUT2D eigenvalue weighted by molar-refractivity contribution is -0.139. The van der Waals surface area contributed by atoms with Crippen molar-refractivity contribution >= 4 is 11.9 Å². The molecule has 0 aromatic rings. The smallest absolute Gasteiger partial charge is 0.303 e. The van der Waals surface area contributed by atoms with E-state index in [0.29, 0.717) is 6.54 Å². The maximum Gasteiger partial charge on any atom is 0.303 e. The molecule has 17 heavy (non-hydrogen) atoms. The summed E-state index contributed by atoms with van der Waals surface area (Å²) in [5.41, 5.74) is 0. The number of aliphatic carboxylic acids is 1. The van der Waals surface area contributed by atoms with Gasteiger partial charge in [-0.3, -0.25) is 9.59 Å². The number of hydrogen-bond acceptors (Lipinski definition) is 3. The van der Waals surface area contributed by atoms with Crippen molar-refractivity contribution in [2.24, 2.45) is 5.92 Å². The number of carbonyl (C=O) groups is 2. The lowest BCUT2D eigenvalue weighted by Gasteiger charge is -2.37. The molecule has 1 fully saturated rings. The van der Waals surface area contributed by atoms with Gasteiger partial charge in [0.05, 0.1) is 6.61 Å². The Hall–Kier alpha value is -1.10. The highest BCUT2D eigenvalue weighted by Gasteiger charge is 2.29. The van der Waals surface area contributed by atoms with Gasteiger partial charge in [0, 0.05) is 25.4 Å². The molecule has 0 spiro atoms. The highest BCUT2D eigenvalue weighted by molar-refractivity contribution is 5.77. The Morgan fingerprint density at radius 1 is 1.35 bits per heavy atom. The third-order valence-corrected chi connectivity index (χ3v) is 3.22. The zero-order chi connectivity index (χ0) is 12.8. The van der Waals surface area contributed by atoms with Crippen LogP contribution in [0.1, 0.15) is 39.0 Å². The summed E-state index contributed by atoms with van der Waals surface area (Å²) >= 11 is 0. The van der Waals surface area contributed by atoms with Crippen molar-refractivity contribution in [3.05, 3.63) is 0 Å². The number of carbonyl (C=O) groups excluding carboxylic acids is 1. The summed E-state index contributed by atoms with van der Waals surface area (Å²) in [7, 11) is 0. The number of aliphatic hydroxyl groups excluding tert-OH is 1. The van der Waals surface area contributed by atoms with Crippen LogP contribution in [0.3, 0.4) is 0 Å². The van der Waals surface area contributed by atoms with Gasteiger partial charge in [-0.1, -0.05) is 6.92 Å². The molecule has 0 bridgehead atoms. The second-order valence-corrected chi connectivity index (χ2v) is 4.80. The molecule has 1 rings (SSSR count). The molecule has 2 N–H and O–H groups in total. The van der Waals surface area contributed by atoms with Crippen LogP contribution in [0.4, 0.5) is 0 Å². The molecule has 1 aliphatic carbocycles. The van der Waals surface area contributed by atoms with Crippen molar-refractivity contribution in [2.75, 3.05) is 13.2 Å². The Morgan fingerprint density at radius 3 is 2.41 bits per heavy atom. The van der Waals surface area contributed by atoms with Crippen LogP contribution in [0, 0.1) is 5.92 Å². The zero-order valence-electron chi connectivity index (χ0n) is 10.3. The largest absolute Gasteiger partial charge is 0.481 e. The van der Waals surface area contributed by atoms with E-state index in [1.54, 1.807) is 11.8 Å². The quantitative estimate of drug-likeness (QED) is 0.695. The van der Waals surface area contributed by atoms with Gasteiger partial charge in [0.25, 0.3) is 0 Å². The summed E-state index contributed by atoms with van der Waals surface area (Å²) in [5, 5.41) is 17.6. The van der Waals surface area contributed by atoms with Gasteiger partial charge in [0.1, 0.15) is 0 Å². The van der Waals surface area contributed by atoms with Crippen LogP contribution in [-0.2, 0) is 9.59 Å². The van der Waals surface area contributed by atoms with E-state index in [1.807, 2.05) is 0 Å². The van der Waals surface area contributed by atoms with Crippen LogP contribution in [0.5, 0.6) is 0 Å². The number of nitrogens with zero attached hydrogens (tertiary/aromatic N) is 1. The molecule has 1 unspecified atom stereocenters. The first-order valence-electron chi connectivity index (χ1n) is 6.16. The Morgan fingerprint density at radius 2 is 2.00 bits per heavy atom. The Bertz CT molecular complexity index is 276. The van der Waals surface area contributed by atoms with Crippen molar-refractivity contribution in [3.8, 4) is 0 Å². The van der Waals surface area contributed by atoms with Gasteiger partial charge in [-0.15, -0.1) is 0 Å². The molecule has 98 valence electrons. The number of carboxylic acids is 1. The van der Waals surface area contributed by atoms with E-state index < -0.39 is 5.97 Å². The minimum absolute atomic E-state index is 0.0172. The maximum atomic E-state index is 12.0. The second kappa shape index (κ2) is 6.59. The second-order valence-electron chi connectivity index (χ2n) is 4.80. The standard InChI is InChI=1S/C12H21NO4/c1-9(8-12(16)17)7-11(15)13(5-6-14)10-3-2-4-10/h9-10,14H,2-8H2,1H3,(H,16,17). The fourth-order valence-electron chi connectivity index (χ4n) is 2.10. The predicted molar refractivity (Wildman–Crippen MR) is 62.5 cm³/mol. The monoisotopic (exact) mass is 243 g/mol. The van der Waals surface area contributed by atoms with Crippen LogP contribution < -0.4 is 0 Å². The van der Waals surface area contributed by atoms with E-state index in [2.05, 4.69) is 0 Å². The molecular weight excluding hydrogens is 222 g/mol. The molecule has 1 atom stereocenters. The number of carboxylic acid groups (broad SMARTS) is 1. The third kappa shape index (κ3) is 4.34. The number of amides is 1. The predicted octanol–water partition coefficient (Wildman–Crippen LogP) is 0.861. The summed E-state index contributed by atoms with van der Waals surface area (Å²) in [6.45, 7) is 2.10. The van der Waals surface area contributed by atoms with Crippen LogP contribution in [-0.4, -0.2) is 46.2 Å². The van der Waals surface area contributed by atoms with E-state index in [1.165, 1.54) is 0 Å². The SMILES string of the molecule is CC(CC(=O)O)CC(=O)N(CCO)C1CCC1. The van der Waals surface area contributed by atoms with Gasteiger partial charge in [-0.25, -0.2) is 0 Å². The highest BCUT2D eigenvalue weighted by atomic mass is 16.4. The Kier molecular flexibility index (Phi) is 5.41. The molecule has 0 radical (unpaired) electrons. The van der Waals surface area contributed by atoms with E-state index in [0.717, 1.165) is 19.3 Å². The zero-order valence-corrected chi connectivity index (χ0v) is 10.3. The van der Waals surface area contributed by atoms with Crippen molar-refractivity contribution in [1.29, 1.82) is 0 Å². The fourth-order valence-corrected chi connectivity index (χ4v) is 2.10. The average Bonchev–Trinajstić information content (AvgIpc) is 2.12. The van der Waals surface area contributed by atoms with E-state index in [9.17, 15) is 9.59 Å². The molecule has 0 saturated heterocycles. The van der Waals surface area contributed by atoms with Crippen molar-refractivity contribution < 1.29 is 19.8 Å². The third-order valence-electron chi connectivity index (χ3n) is 3.22. The molecule has 5 nitrogen and oxygen atoms in total. The first-order chi connectivity index (χ1) is 8.04. The maximum absolute atomic E-state index is 12.0. The van der Waals surface area contributed by atoms with Crippen molar-refractivity contribution in [3.63, 3.8) is 0 Å². The van der Waals surface area contributed by atoms with Gasteiger partial charge in [0.2, 0.25) is 5.91 Å². The molecule has 1 amide bonds. The molecular formula is C12H21NO4. The molecule has 1 aliphatic rings. The highest BCUT2D eigenvalue weighted by Crippen LogP contribution is 2.26. The summed E-state index contributed by atoms with van der Waals surface area (Å²) in [5.74, 6) is -1.05. The molecule has 1 saturated carbocycles. The first kappa shape index (κ1) is 14.0. The topological polar surface area (TPSA) is 77.8 Å². The molecule has 0 aromatic carbocycles. The Labute approximate surface area is 101 Å². The number of hydrogen-bond donors (Lipinski definition) is 2. The van der Waals surface area contributed by atoms with Gasteiger partial charge < -0.3 is 15.1 Å². The van der Waals surface area contributed by atoms with E-state index in [-0.39, 0.29) is 37.3 Å². The van der Waals surface area contributed by atoms with Gasteiger partial charge >= 0.3 is 5.97 Å². The van der Waals surface area contributed by atoms with Crippen LogP contribution in [0.25, 0.3) is 0 Å². The van der Waals surface area contributed by atoms with Crippen LogP contribution in [0.2, 0.25) is 0 Å². The first-order valence-corrected chi connectivity index (χ1v) is 6.16. The van der Waals surface area contributed by atoms with Crippen LogP contribution in [0.15, 0.2) is 0 Å². The molecule has 5 heteroatoms. The van der Waals surface area contributed by atoms with Gasteiger partial charge in [-0.2, -0.15) is 0 Å². The number of aliphatic hydroxyl groups is 1. The minimum atomic E-state index is -0.873. The normalized spacial score (nSPS) is 17.3. The van der Waals surface area contributed by atoms with Crippen molar-refractivity contribution in [2.45, 2.75) is 45.1 Å². The fraction of sp³-hybridized carbons (Fsp3) is 0.833. The van der Waals surface area contributed by atoms with Gasteiger partial charge in [0.15, 0.2) is 0 Å². The Balaban J connectivity index is 2.43. The summed E-state index contributed by atoms with van der Waals surface area (Å²) < 4.78 is 0. The van der Waals surface area contributed by atoms with Gasteiger partial charge in [-0.05, 0) is 25.2 Å². The molecule has 0 heterocycles. The minimum Gasteiger partial charge on any atom is -0.481 e. The van der Waals surface area contributed by atoms with Crippen molar-refractivity contribution in [1.82, 2.24) is 4.90 Å². The number of rotatable bonds is 7.